The molecule has 374 valence electrons. The number of carboxylic acids is 1. The van der Waals surface area contributed by atoms with Gasteiger partial charge in [0.05, 0.1) is 30.1 Å². The number of Topliss-reactive ketones (excluding diaryl/α,β-unsaturated/α-hetero) is 1. The van der Waals surface area contributed by atoms with Gasteiger partial charge in [-0.25, -0.2) is 0 Å². The Bertz CT molecular complexity index is 1880. The fourth-order valence-corrected chi connectivity index (χ4v) is 14.4. The molecule has 8 rings (SSSR count). The minimum absolute atomic E-state index is 0.0498. The number of carbonyl (C=O) groups is 3. The van der Waals surface area contributed by atoms with Crippen LogP contribution in [0, 0.1) is 50.7 Å². The van der Waals surface area contributed by atoms with E-state index in [1.165, 1.54) is 12.5 Å². The maximum atomic E-state index is 15.0. The van der Waals surface area contributed by atoms with Gasteiger partial charge in [-0.05, 0) is 106 Å². The molecule has 5 aliphatic carbocycles. The average molecular weight is 941 g/mol. The van der Waals surface area contributed by atoms with Gasteiger partial charge in [-0.3, -0.25) is 14.4 Å². The van der Waals surface area contributed by atoms with Gasteiger partial charge in [0.1, 0.15) is 72.9 Å². The molecule has 66 heavy (non-hydrogen) atoms. The number of fused-ring (bicyclic) bond motifs is 7. The summed E-state index contributed by atoms with van der Waals surface area (Å²) in [6.45, 7) is 10.2. The number of allylic oxidation sites excluding steroid dienone is 2. The van der Waals surface area contributed by atoms with E-state index in [0.29, 0.717) is 24.5 Å². The molecule has 8 aliphatic rings. The Balaban J connectivity index is 0.985. The van der Waals surface area contributed by atoms with E-state index in [2.05, 4.69) is 26.8 Å². The van der Waals surface area contributed by atoms with E-state index in [4.69, 9.17) is 28.4 Å². The van der Waals surface area contributed by atoms with Crippen LogP contribution in [0.4, 0.5) is 0 Å². The minimum atomic E-state index is -1.92. The highest BCUT2D eigenvalue weighted by Gasteiger charge is 2.69. The Morgan fingerprint density at radius 2 is 1.39 bits per heavy atom. The molecule has 19 heteroatoms. The largest absolute Gasteiger partial charge is 0.481 e. The van der Waals surface area contributed by atoms with Gasteiger partial charge in [-0.15, -0.1) is 0 Å². The standard InChI is InChI=1S/C47H72O19/c1-20-29(50)31(52)34(55)39(62-20)65-37-25(17-48)63-38(36(57)33(37)54)61-18-26-30(51)32(53)35(56)40(64-26)66-42(60)47-14-11-22-21-7-10-27-43(2,3)28(49)12-13-45(27,5)23(21)8-9-24(22)46(47,6)19-44(4,15-16-47)41(58)59/h11,20-21,23-27,29-40,48,50-57H,7-10,12-19H2,1-6H3,(H,58,59). The van der Waals surface area contributed by atoms with Crippen LogP contribution in [0.2, 0.25) is 0 Å². The van der Waals surface area contributed by atoms with Gasteiger partial charge in [0.25, 0.3) is 0 Å². The van der Waals surface area contributed by atoms with Crippen molar-refractivity contribution in [3.8, 4) is 0 Å². The molecule has 0 bridgehead atoms. The average Bonchev–Trinajstić information content (AvgIpc) is 3.27. The van der Waals surface area contributed by atoms with Gasteiger partial charge in [0.15, 0.2) is 12.6 Å². The van der Waals surface area contributed by atoms with Crippen molar-refractivity contribution in [3.05, 3.63) is 11.6 Å². The van der Waals surface area contributed by atoms with Crippen LogP contribution in [-0.4, -0.2) is 174 Å². The van der Waals surface area contributed by atoms with Crippen LogP contribution in [0.5, 0.6) is 0 Å². The molecule has 0 amide bonds. The van der Waals surface area contributed by atoms with Crippen LogP contribution >= 0.6 is 0 Å². The molecule has 0 aromatic heterocycles. The molecular weight excluding hydrogens is 868 g/mol. The Morgan fingerprint density at radius 3 is 2.08 bits per heavy atom. The summed E-state index contributed by atoms with van der Waals surface area (Å²) in [6.07, 6.45) is -17.1. The van der Waals surface area contributed by atoms with Crippen LogP contribution in [0.1, 0.15) is 106 Å². The summed E-state index contributed by atoms with van der Waals surface area (Å²) >= 11 is 0. The van der Waals surface area contributed by atoms with Gasteiger partial charge in [0, 0.05) is 11.8 Å². The van der Waals surface area contributed by atoms with Crippen LogP contribution in [0.25, 0.3) is 0 Å². The first-order chi connectivity index (χ1) is 30.9. The summed E-state index contributed by atoms with van der Waals surface area (Å²) < 4.78 is 34.5. The lowest BCUT2D eigenvalue weighted by Crippen LogP contribution is -2.65. The zero-order valence-corrected chi connectivity index (χ0v) is 38.7. The molecule has 7 fully saturated rings. The van der Waals surface area contributed by atoms with Crippen LogP contribution < -0.4 is 0 Å². The van der Waals surface area contributed by atoms with E-state index in [1.807, 2.05) is 6.92 Å². The zero-order chi connectivity index (χ0) is 48.2. The lowest BCUT2D eigenvalue weighted by Gasteiger charge is -2.66. The highest BCUT2D eigenvalue weighted by molar-refractivity contribution is 5.85. The number of aliphatic hydroxyl groups excluding tert-OH is 9. The fraction of sp³-hybridized carbons (Fsp3) is 0.894. The van der Waals surface area contributed by atoms with Crippen LogP contribution in [0.15, 0.2) is 11.6 Å². The third kappa shape index (κ3) is 7.83. The van der Waals surface area contributed by atoms with Crippen molar-refractivity contribution in [2.45, 2.75) is 198 Å². The molecule has 0 aromatic carbocycles. The van der Waals surface area contributed by atoms with Gasteiger partial charge >= 0.3 is 11.9 Å². The van der Waals surface area contributed by atoms with E-state index in [-0.39, 0.29) is 48.9 Å². The second-order valence-corrected chi connectivity index (χ2v) is 22.3. The molecule has 10 N–H and O–H groups in total. The van der Waals surface area contributed by atoms with Crippen LogP contribution in [0.3, 0.4) is 0 Å². The molecule has 19 nitrogen and oxygen atoms in total. The van der Waals surface area contributed by atoms with Gasteiger partial charge in [-0.1, -0.05) is 39.3 Å². The summed E-state index contributed by atoms with van der Waals surface area (Å²) in [4.78, 5) is 41.1. The molecule has 3 aliphatic heterocycles. The van der Waals surface area contributed by atoms with Crippen LogP contribution in [-0.2, 0) is 42.8 Å². The lowest BCUT2D eigenvalue weighted by molar-refractivity contribution is -0.361. The maximum absolute atomic E-state index is 15.0. The predicted molar refractivity (Wildman–Crippen MR) is 225 cm³/mol. The van der Waals surface area contributed by atoms with Crippen molar-refractivity contribution < 1.29 is 93.9 Å². The summed E-state index contributed by atoms with van der Waals surface area (Å²) in [5.74, 6) is -0.742. The zero-order valence-electron chi connectivity index (χ0n) is 38.7. The van der Waals surface area contributed by atoms with Gasteiger partial charge in [0.2, 0.25) is 6.29 Å². The van der Waals surface area contributed by atoms with E-state index in [1.54, 1.807) is 6.92 Å². The molecule has 23 unspecified atom stereocenters. The number of aliphatic hydroxyl groups is 9. The number of esters is 1. The summed E-state index contributed by atoms with van der Waals surface area (Å²) in [6, 6.07) is 0. The van der Waals surface area contributed by atoms with Gasteiger partial charge < -0.3 is 79.5 Å². The SMILES string of the molecule is CC1OC(OC2C(CO)OC(OCC3OC(OC(=O)C45CC=C6C7CCC8C(C)(C)C(=O)CCC8(C)C7CCC6C4(C)CC(C)(C(=O)O)CC5)C(O)C(O)C3O)C(O)C2O)C(O)C(O)C1O. The molecule has 4 saturated carbocycles. The number of aliphatic carboxylic acids is 1. The number of ether oxygens (including phenoxy) is 6. The van der Waals surface area contributed by atoms with E-state index >= 15 is 0 Å². The number of ketones is 1. The summed E-state index contributed by atoms with van der Waals surface area (Å²) in [5, 5.41) is 107. The topological polar surface area (TPSA) is 309 Å². The molecule has 3 saturated heterocycles. The Morgan fingerprint density at radius 1 is 0.742 bits per heavy atom. The van der Waals surface area contributed by atoms with Crippen molar-refractivity contribution in [3.63, 3.8) is 0 Å². The quantitative estimate of drug-likeness (QED) is 0.108. The van der Waals surface area contributed by atoms with Crippen molar-refractivity contribution in [2.75, 3.05) is 13.2 Å². The Kier molecular flexibility index (Phi) is 13.6. The monoisotopic (exact) mass is 940 g/mol. The van der Waals surface area contributed by atoms with Crippen molar-refractivity contribution in [2.24, 2.45) is 50.7 Å². The molecule has 0 spiro atoms. The number of hydrogen-bond donors (Lipinski definition) is 10. The molecule has 0 aromatic rings. The number of carboxylic acid groups (broad SMARTS) is 1. The number of carbonyl (C=O) groups excluding carboxylic acids is 2. The second kappa shape index (κ2) is 17.9. The lowest BCUT2D eigenvalue weighted by atomic mass is 9.38. The normalized spacial score (nSPS) is 52.4. The second-order valence-electron chi connectivity index (χ2n) is 22.3. The minimum Gasteiger partial charge on any atom is -0.481 e. The Hall–Kier alpha value is -2.21. The Labute approximate surface area is 384 Å². The van der Waals surface area contributed by atoms with Crippen molar-refractivity contribution in [1.82, 2.24) is 0 Å². The smallest absolute Gasteiger partial charge is 0.315 e. The van der Waals surface area contributed by atoms with Gasteiger partial charge in [-0.2, -0.15) is 0 Å². The van der Waals surface area contributed by atoms with Crippen molar-refractivity contribution in [1.29, 1.82) is 0 Å². The summed E-state index contributed by atoms with van der Waals surface area (Å²) in [5.41, 5.74) is -2.52. The number of hydrogen-bond acceptors (Lipinski definition) is 18. The van der Waals surface area contributed by atoms with Crippen molar-refractivity contribution >= 4 is 17.7 Å². The highest BCUT2D eigenvalue weighted by Crippen LogP contribution is 2.72. The van der Waals surface area contributed by atoms with E-state index in [0.717, 1.165) is 25.7 Å². The summed E-state index contributed by atoms with van der Waals surface area (Å²) in [7, 11) is 0. The number of rotatable bonds is 9. The third-order valence-corrected chi connectivity index (χ3v) is 18.5. The van der Waals surface area contributed by atoms with E-state index in [9.17, 15) is 65.4 Å². The maximum Gasteiger partial charge on any atom is 0.315 e. The molecule has 3 heterocycles. The molecular formula is C47H72O19. The third-order valence-electron chi connectivity index (χ3n) is 18.5. The highest BCUT2D eigenvalue weighted by atomic mass is 16.8. The molecule has 23 atom stereocenters. The first kappa shape index (κ1) is 50.2. The first-order valence-electron chi connectivity index (χ1n) is 23.8. The fourth-order valence-electron chi connectivity index (χ4n) is 14.4. The predicted octanol–water partition coefficient (Wildman–Crippen LogP) is 0.0509. The molecule has 0 radical (unpaired) electrons. The van der Waals surface area contributed by atoms with E-state index < -0.39 is 139 Å². The first-order valence-corrected chi connectivity index (χ1v) is 23.8.